The highest BCUT2D eigenvalue weighted by molar-refractivity contribution is 6.31. The van der Waals surface area contributed by atoms with E-state index in [-0.39, 0.29) is 5.78 Å². The van der Waals surface area contributed by atoms with Gasteiger partial charge in [0.25, 0.3) is 0 Å². The number of hydrogen-bond donors (Lipinski definition) is 0. The Morgan fingerprint density at radius 1 is 1.00 bits per heavy atom. The van der Waals surface area contributed by atoms with Crippen LogP contribution >= 0.6 is 11.6 Å². The summed E-state index contributed by atoms with van der Waals surface area (Å²) < 4.78 is 0. The van der Waals surface area contributed by atoms with Crippen LogP contribution in [0.1, 0.15) is 32.9 Å². The van der Waals surface area contributed by atoms with E-state index in [1.54, 1.807) is 24.3 Å². The summed E-state index contributed by atoms with van der Waals surface area (Å²) in [5.41, 5.74) is 3.92. The first-order valence-electron chi connectivity index (χ1n) is 5.73. The average molecular weight is 260 g/mol. The molecule has 0 amide bonds. The molecule has 3 heteroatoms. The number of hydrogen-bond acceptors (Lipinski definition) is 2. The number of halogens is 1. The summed E-state index contributed by atoms with van der Waals surface area (Å²) in [6.45, 7) is 5.68. The van der Waals surface area contributed by atoms with Crippen molar-refractivity contribution in [3.63, 3.8) is 0 Å². The Labute approximate surface area is 112 Å². The molecule has 0 N–H and O–H groups in total. The SMILES string of the molecule is Cc1cc(C(=O)c2ccc(C)c(Cl)c2)cc(C)n1. The molecule has 18 heavy (non-hydrogen) atoms. The number of aromatic nitrogens is 1. The van der Waals surface area contributed by atoms with Crippen molar-refractivity contribution >= 4 is 17.4 Å². The Bertz CT molecular complexity index is 600. The Morgan fingerprint density at radius 3 is 2.17 bits per heavy atom. The van der Waals surface area contributed by atoms with E-state index in [0.29, 0.717) is 16.1 Å². The predicted octanol–water partition coefficient (Wildman–Crippen LogP) is 3.89. The minimum absolute atomic E-state index is 0.0227. The number of pyridine rings is 1. The third-order valence-corrected chi connectivity index (χ3v) is 3.18. The lowest BCUT2D eigenvalue weighted by Crippen LogP contribution is -2.03. The van der Waals surface area contributed by atoms with Crippen molar-refractivity contribution in [2.45, 2.75) is 20.8 Å². The molecule has 0 atom stereocenters. The van der Waals surface area contributed by atoms with E-state index in [1.165, 1.54) is 0 Å². The maximum atomic E-state index is 12.3. The fourth-order valence-corrected chi connectivity index (χ4v) is 2.05. The van der Waals surface area contributed by atoms with Gasteiger partial charge in [0, 0.05) is 27.5 Å². The summed E-state index contributed by atoms with van der Waals surface area (Å²) in [6.07, 6.45) is 0. The molecule has 0 radical (unpaired) electrons. The molecule has 0 aliphatic heterocycles. The van der Waals surface area contributed by atoms with Gasteiger partial charge in [0.1, 0.15) is 0 Å². The minimum Gasteiger partial charge on any atom is -0.289 e. The van der Waals surface area contributed by atoms with E-state index in [4.69, 9.17) is 11.6 Å². The highest BCUT2D eigenvalue weighted by Crippen LogP contribution is 2.19. The summed E-state index contributed by atoms with van der Waals surface area (Å²) in [5.74, 6) is -0.0227. The van der Waals surface area contributed by atoms with Crippen molar-refractivity contribution in [2.24, 2.45) is 0 Å². The second-order valence-corrected chi connectivity index (χ2v) is 4.84. The molecule has 0 saturated heterocycles. The van der Waals surface area contributed by atoms with Crippen molar-refractivity contribution in [3.05, 3.63) is 63.4 Å². The Balaban J connectivity index is 2.44. The summed E-state index contributed by atoms with van der Waals surface area (Å²) in [6, 6.07) is 8.96. The van der Waals surface area contributed by atoms with Crippen LogP contribution in [0.4, 0.5) is 0 Å². The largest absolute Gasteiger partial charge is 0.289 e. The molecule has 0 aliphatic rings. The monoisotopic (exact) mass is 259 g/mol. The van der Waals surface area contributed by atoms with Crippen molar-refractivity contribution in [3.8, 4) is 0 Å². The summed E-state index contributed by atoms with van der Waals surface area (Å²) in [5, 5.41) is 0.614. The van der Waals surface area contributed by atoms with E-state index >= 15 is 0 Å². The average Bonchev–Trinajstić information content (AvgIpc) is 2.30. The molecule has 2 aromatic rings. The second kappa shape index (κ2) is 4.91. The van der Waals surface area contributed by atoms with E-state index in [9.17, 15) is 4.79 Å². The topological polar surface area (TPSA) is 30.0 Å². The number of rotatable bonds is 2. The first kappa shape index (κ1) is 12.8. The highest BCUT2D eigenvalue weighted by atomic mass is 35.5. The molecule has 92 valence electrons. The zero-order valence-corrected chi connectivity index (χ0v) is 11.4. The maximum Gasteiger partial charge on any atom is 0.193 e. The second-order valence-electron chi connectivity index (χ2n) is 4.43. The molecule has 0 unspecified atom stereocenters. The standard InChI is InChI=1S/C15H14ClNO/c1-9-4-5-12(8-14(9)16)15(18)13-6-10(2)17-11(3)7-13/h4-8H,1-3H3. The van der Waals surface area contributed by atoms with E-state index in [1.807, 2.05) is 26.8 Å². The van der Waals surface area contributed by atoms with Gasteiger partial charge in [-0.1, -0.05) is 23.7 Å². The summed E-state index contributed by atoms with van der Waals surface area (Å²) in [7, 11) is 0. The van der Waals surface area contributed by atoms with Crippen LogP contribution in [0.15, 0.2) is 30.3 Å². The molecule has 2 nitrogen and oxygen atoms in total. The lowest BCUT2D eigenvalue weighted by molar-refractivity contribution is 0.103. The van der Waals surface area contributed by atoms with Gasteiger partial charge in [0.2, 0.25) is 0 Å². The Morgan fingerprint density at radius 2 is 1.61 bits per heavy atom. The van der Waals surface area contributed by atoms with Crippen LogP contribution in [0.2, 0.25) is 5.02 Å². The van der Waals surface area contributed by atoms with Gasteiger partial charge in [-0.3, -0.25) is 9.78 Å². The van der Waals surface area contributed by atoms with E-state index < -0.39 is 0 Å². The zero-order valence-electron chi connectivity index (χ0n) is 10.6. The van der Waals surface area contributed by atoms with Gasteiger partial charge >= 0.3 is 0 Å². The fraction of sp³-hybridized carbons (Fsp3) is 0.200. The first-order valence-corrected chi connectivity index (χ1v) is 6.11. The van der Waals surface area contributed by atoms with Gasteiger partial charge in [-0.05, 0) is 44.5 Å². The summed E-state index contributed by atoms with van der Waals surface area (Å²) >= 11 is 6.04. The molecular weight excluding hydrogens is 246 g/mol. The zero-order chi connectivity index (χ0) is 13.3. The lowest BCUT2D eigenvalue weighted by Gasteiger charge is -2.05. The van der Waals surface area contributed by atoms with Crippen molar-refractivity contribution < 1.29 is 4.79 Å². The fourth-order valence-electron chi connectivity index (χ4n) is 1.87. The molecule has 0 spiro atoms. The highest BCUT2D eigenvalue weighted by Gasteiger charge is 2.11. The molecule has 1 aromatic carbocycles. The molecule has 0 fully saturated rings. The number of carbonyl (C=O) groups excluding carboxylic acids is 1. The van der Waals surface area contributed by atoms with E-state index in [0.717, 1.165) is 17.0 Å². The Hall–Kier alpha value is -1.67. The molecular formula is C15H14ClNO. The van der Waals surface area contributed by atoms with Crippen LogP contribution < -0.4 is 0 Å². The minimum atomic E-state index is -0.0227. The van der Waals surface area contributed by atoms with Crippen molar-refractivity contribution in [2.75, 3.05) is 0 Å². The van der Waals surface area contributed by atoms with Gasteiger partial charge < -0.3 is 0 Å². The van der Waals surface area contributed by atoms with Crippen LogP contribution in [-0.4, -0.2) is 10.8 Å². The lowest BCUT2D eigenvalue weighted by atomic mass is 10.0. The van der Waals surface area contributed by atoms with Crippen LogP contribution in [-0.2, 0) is 0 Å². The third-order valence-electron chi connectivity index (χ3n) is 2.78. The number of carbonyl (C=O) groups is 1. The van der Waals surface area contributed by atoms with Gasteiger partial charge in [0.15, 0.2) is 5.78 Å². The molecule has 1 heterocycles. The van der Waals surface area contributed by atoms with Gasteiger partial charge in [-0.2, -0.15) is 0 Å². The van der Waals surface area contributed by atoms with Crippen molar-refractivity contribution in [1.29, 1.82) is 0 Å². The number of nitrogens with zero attached hydrogens (tertiary/aromatic N) is 1. The van der Waals surface area contributed by atoms with Gasteiger partial charge in [-0.25, -0.2) is 0 Å². The summed E-state index contributed by atoms with van der Waals surface area (Å²) in [4.78, 5) is 16.6. The molecule has 0 aliphatic carbocycles. The maximum absolute atomic E-state index is 12.3. The van der Waals surface area contributed by atoms with Gasteiger partial charge in [-0.15, -0.1) is 0 Å². The predicted molar refractivity (Wildman–Crippen MR) is 73.3 cm³/mol. The van der Waals surface area contributed by atoms with Crippen LogP contribution in [0.25, 0.3) is 0 Å². The van der Waals surface area contributed by atoms with Crippen LogP contribution in [0.3, 0.4) is 0 Å². The van der Waals surface area contributed by atoms with Crippen molar-refractivity contribution in [1.82, 2.24) is 4.98 Å². The molecule has 0 bridgehead atoms. The normalized spacial score (nSPS) is 10.4. The number of ketones is 1. The first-order chi connectivity index (χ1) is 8.47. The number of benzene rings is 1. The quantitative estimate of drug-likeness (QED) is 0.766. The van der Waals surface area contributed by atoms with E-state index in [2.05, 4.69) is 4.98 Å². The smallest absolute Gasteiger partial charge is 0.193 e. The molecule has 0 saturated carbocycles. The van der Waals surface area contributed by atoms with Gasteiger partial charge in [0.05, 0.1) is 0 Å². The van der Waals surface area contributed by atoms with Crippen LogP contribution in [0.5, 0.6) is 0 Å². The number of aryl methyl sites for hydroxylation is 3. The Kier molecular flexibility index (Phi) is 3.48. The molecule has 2 rings (SSSR count). The third kappa shape index (κ3) is 2.59. The van der Waals surface area contributed by atoms with Crippen LogP contribution in [0, 0.1) is 20.8 Å². The molecule has 1 aromatic heterocycles.